The Kier molecular flexibility index (Phi) is 3.46. The number of hydrogen-bond donors (Lipinski definition) is 0. The molecule has 0 N–H and O–H groups in total. The van der Waals surface area contributed by atoms with Crippen LogP contribution in [0.4, 0.5) is 4.39 Å². The predicted molar refractivity (Wildman–Crippen MR) is 69.4 cm³/mol. The lowest BCUT2D eigenvalue weighted by molar-refractivity contribution is 0.217. The molecule has 19 heavy (non-hydrogen) atoms. The van der Waals surface area contributed by atoms with E-state index in [1.165, 1.54) is 6.07 Å². The third kappa shape index (κ3) is 2.93. The molecule has 3 rings (SSSR count). The monoisotopic (exact) mass is 261 g/mol. The maximum atomic E-state index is 13.3. The summed E-state index contributed by atoms with van der Waals surface area (Å²) < 4.78 is 20.8. The smallest absolute Gasteiger partial charge is 0.124 e. The molecule has 1 aliphatic heterocycles. The van der Waals surface area contributed by atoms with E-state index in [9.17, 15) is 4.39 Å². The fourth-order valence-electron chi connectivity index (χ4n) is 2.28. The molecule has 0 spiro atoms. The number of hydrogen-bond acceptors (Lipinski definition) is 3. The molecule has 0 atom stereocenters. The molecule has 0 saturated carbocycles. The lowest BCUT2D eigenvalue weighted by Gasteiger charge is -2.19. The first-order valence-corrected chi connectivity index (χ1v) is 6.42. The minimum Gasteiger partial charge on any atom is -0.492 e. The standard InChI is InChI=1S/C14H16FN3O/c15-13-2-3-14-12(10-13)11-17(8-9-19-14)6-7-18-5-1-4-16-18/h1-5,10H,6-9,11H2. The molecule has 5 heteroatoms. The van der Waals surface area contributed by atoms with Crippen LogP contribution in [0.1, 0.15) is 5.56 Å². The zero-order chi connectivity index (χ0) is 13.1. The number of fused-ring (bicyclic) bond motifs is 1. The number of ether oxygens (including phenoxy) is 1. The van der Waals surface area contributed by atoms with Crippen molar-refractivity contribution in [3.63, 3.8) is 0 Å². The second kappa shape index (κ2) is 5.40. The van der Waals surface area contributed by atoms with E-state index in [2.05, 4.69) is 10.00 Å². The Morgan fingerprint density at radius 3 is 3.11 bits per heavy atom. The maximum Gasteiger partial charge on any atom is 0.124 e. The van der Waals surface area contributed by atoms with Crippen molar-refractivity contribution in [2.75, 3.05) is 19.7 Å². The van der Waals surface area contributed by atoms with Crippen LogP contribution >= 0.6 is 0 Å². The van der Waals surface area contributed by atoms with Gasteiger partial charge in [-0.25, -0.2) is 4.39 Å². The van der Waals surface area contributed by atoms with E-state index in [-0.39, 0.29) is 5.82 Å². The second-order valence-electron chi connectivity index (χ2n) is 4.65. The van der Waals surface area contributed by atoms with Crippen LogP contribution in [0.15, 0.2) is 36.7 Å². The molecule has 1 aromatic carbocycles. The molecule has 1 aliphatic rings. The van der Waals surface area contributed by atoms with Crippen molar-refractivity contribution in [2.24, 2.45) is 0 Å². The zero-order valence-corrected chi connectivity index (χ0v) is 10.6. The van der Waals surface area contributed by atoms with Crippen LogP contribution in [0.5, 0.6) is 5.75 Å². The van der Waals surface area contributed by atoms with Gasteiger partial charge >= 0.3 is 0 Å². The van der Waals surface area contributed by atoms with Gasteiger partial charge in [0.05, 0.1) is 6.54 Å². The molecule has 0 unspecified atom stereocenters. The summed E-state index contributed by atoms with van der Waals surface area (Å²) >= 11 is 0. The Morgan fingerprint density at radius 2 is 2.26 bits per heavy atom. The predicted octanol–water partition coefficient (Wildman–Crippen LogP) is 1.92. The molecular weight excluding hydrogens is 245 g/mol. The maximum absolute atomic E-state index is 13.3. The Hall–Kier alpha value is -1.88. The van der Waals surface area contributed by atoms with E-state index in [1.807, 2.05) is 16.9 Å². The van der Waals surface area contributed by atoms with Gasteiger partial charge in [-0.1, -0.05) is 0 Å². The summed E-state index contributed by atoms with van der Waals surface area (Å²) in [7, 11) is 0. The van der Waals surface area contributed by atoms with Gasteiger partial charge in [-0.15, -0.1) is 0 Å². The fourth-order valence-corrected chi connectivity index (χ4v) is 2.28. The van der Waals surface area contributed by atoms with Crippen molar-refractivity contribution >= 4 is 0 Å². The molecule has 0 radical (unpaired) electrons. The lowest BCUT2D eigenvalue weighted by Crippen LogP contribution is -2.29. The van der Waals surface area contributed by atoms with Crippen molar-refractivity contribution in [2.45, 2.75) is 13.1 Å². The van der Waals surface area contributed by atoms with E-state index in [0.717, 1.165) is 30.9 Å². The Bertz CT molecular complexity index is 542. The number of benzene rings is 1. The molecule has 100 valence electrons. The van der Waals surface area contributed by atoms with E-state index in [4.69, 9.17) is 4.74 Å². The molecule has 0 fully saturated rings. The first-order valence-electron chi connectivity index (χ1n) is 6.42. The SMILES string of the molecule is Fc1ccc2c(c1)CN(CCn1cccn1)CCO2. The van der Waals surface area contributed by atoms with Crippen molar-refractivity contribution in [1.29, 1.82) is 0 Å². The van der Waals surface area contributed by atoms with Crippen LogP contribution < -0.4 is 4.74 Å². The van der Waals surface area contributed by atoms with Crippen molar-refractivity contribution < 1.29 is 9.13 Å². The number of aromatic nitrogens is 2. The van der Waals surface area contributed by atoms with Crippen molar-refractivity contribution in [1.82, 2.24) is 14.7 Å². The molecule has 0 saturated heterocycles. The van der Waals surface area contributed by atoms with Crippen molar-refractivity contribution in [3.05, 3.63) is 48.0 Å². The molecular formula is C14H16FN3O. The summed E-state index contributed by atoms with van der Waals surface area (Å²) in [6.45, 7) is 3.91. The van der Waals surface area contributed by atoms with Gasteiger partial charge in [0.1, 0.15) is 18.2 Å². The summed E-state index contributed by atoms with van der Waals surface area (Å²) in [5.74, 6) is 0.583. The fraction of sp³-hybridized carbons (Fsp3) is 0.357. The molecule has 0 bridgehead atoms. The third-order valence-electron chi connectivity index (χ3n) is 3.29. The van der Waals surface area contributed by atoms with Gasteiger partial charge in [-0.05, 0) is 24.3 Å². The van der Waals surface area contributed by atoms with E-state index >= 15 is 0 Å². The minimum absolute atomic E-state index is 0.212. The molecule has 2 aromatic rings. The lowest BCUT2D eigenvalue weighted by atomic mass is 10.2. The van der Waals surface area contributed by atoms with Gasteiger partial charge in [0.15, 0.2) is 0 Å². The first-order chi connectivity index (χ1) is 9.31. The van der Waals surface area contributed by atoms with Crippen LogP contribution in [0, 0.1) is 5.82 Å². The first kappa shape index (κ1) is 12.2. The zero-order valence-electron chi connectivity index (χ0n) is 10.6. The summed E-state index contributed by atoms with van der Waals surface area (Å²) in [6, 6.07) is 6.62. The van der Waals surface area contributed by atoms with Gasteiger partial charge in [-0.2, -0.15) is 5.10 Å². The van der Waals surface area contributed by atoms with Crippen LogP contribution in [0.2, 0.25) is 0 Å². The molecule has 0 aliphatic carbocycles. The van der Waals surface area contributed by atoms with E-state index in [0.29, 0.717) is 13.2 Å². The summed E-state index contributed by atoms with van der Waals surface area (Å²) in [4.78, 5) is 2.26. The summed E-state index contributed by atoms with van der Waals surface area (Å²) in [5.41, 5.74) is 0.915. The average Bonchev–Trinajstić information content (AvgIpc) is 2.83. The Labute approximate surface area is 111 Å². The van der Waals surface area contributed by atoms with Crippen LogP contribution in [-0.2, 0) is 13.1 Å². The summed E-state index contributed by atoms with van der Waals surface area (Å²) in [5, 5.41) is 4.18. The molecule has 4 nitrogen and oxygen atoms in total. The van der Waals surface area contributed by atoms with E-state index < -0.39 is 0 Å². The van der Waals surface area contributed by atoms with Crippen LogP contribution in [0.25, 0.3) is 0 Å². The highest BCUT2D eigenvalue weighted by molar-refractivity contribution is 5.34. The van der Waals surface area contributed by atoms with Gasteiger partial charge in [0, 0.05) is 37.6 Å². The van der Waals surface area contributed by atoms with Gasteiger partial charge in [0.25, 0.3) is 0 Å². The minimum atomic E-state index is -0.212. The summed E-state index contributed by atoms with van der Waals surface area (Å²) in [6.07, 6.45) is 3.72. The number of halogens is 1. The normalized spacial score (nSPS) is 15.6. The highest BCUT2D eigenvalue weighted by atomic mass is 19.1. The third-order valence-corrected chi connectivity index (χ3v) is 3.29. The average molecular weight is 261 g/mol. The molecule has 2 heterocycles. The van der Waals surface area contributed by atoms with Gasteiger partial charge in [0.2, 0.25) is 0 Å². The largest absolute Gasteiger partial charge is 0.492 e. The highest BCUT2D eigenvalue weighted by Crippen LogP contribution is 2.23. The Morgan fingerprint density at radius 1 is 1.32 bits per heavy atom. The van der Waals surface area contributed by atoms with Gasteiger partial charge < -0.3 is 4.74 Å². The van der Waals surface area contributed by atoms with Crippen LogP contribution in [-0.4, -0.2) is 34.4 Å². The van der Waals surface area contributed by atoms with Gasteiger partial charge in [-0.3, -0.25) is 9.58 Å². The molecule has 0 amide bonds. The second-order valence-corrected chi connectivity index (χ2v) is 4.65. The van der Waals surface area contributed by atoms with Crippen LogP contribution in [0.3, 0.4) is 0 Å². The highest BCUT2D eigenvalue weighted by Gasteiger charge is 2.15. The quantitative estimate of drug-likeness (QED) is 0.845. The van der Waals surface area contributed by atoms with E-state index in [1.54, 1.807) is 18.3 Å². The number of rotatable bonds is 3. The number of nitrogens with zero attached hydrogens (tertiary/aromatic N) is 3. The molecule has 1 aromatic heterocycles. The Balaban J connectivity index is 1.67. The topological polar surface area (TPSA) is 30.3 Å². The van der Waals surface area contributed by atoms with Crippen molar-refractivity contribution in [3.8, 4) is 5.75 Å².